The van der Waals surface area contributed by atoms with Gasteiger partial charge in [-0.15, -0.1) is 0 Å². The normalized spacial score (nSPS) is 26.2. The first-order chi connectivity index (χ1) is 10.1. The maximum absolute atomic E-state index is 12.7. The van der Waals surface area contributed by atoms with Crippen molar-refractivity contribution in [2.75, 3.05) is 39.8 Å². The van der Waals surface area contributed by atoms with Crippen LogP contribution in [-0.4, -0.2) is 61.7 Å². The zero-order valence-corrected chi connectivity index (χ0v) is 13.3. The van der Waals surface area contributed by atoms with Gasteiger partial charge in [0.25, 0.3) is 10.2 Å². The second kappa shape index (κ2) is 6.04. The lowest BCUT2D eigenvalue weighted by molar-refractivity contribution is 0.143. The highest BCUT2D eigenvalue weighted by atomic mass is 32.2. The van der Waals surface area contributed by atoms with Gasteiger partial charge >= 0.3 is 0 Å². The van der Waals surface area contributed by atoms with Crippen LogP contribution in [0.2, 0.25) is 0 Å². The van der Waals surface area contributed by atoms with Gasteiger partial charge < -0.3 is 0 Å². The van der Waals surface area contributed by atoms with Crippen LogP contribution in [0.25, 0.3) is 0 Å². The Hall–Kier alpha value is -0.950. The van der Waals surface area contributed by atoms with E-state index in [0.29, 0.717) is 26.2 Å². The second-order valence-corrected chi connectivity index (χ2v) is 7.81. The summed E-state index contributed by atoms with van der Waals surface area (Å²) in [4.78, 5) is 2.24. The Labute approximate surface area is 127 Å². The Morgan fingerprint density at radius 2 is 1.62 bits per heavy atom. The fraction of sp³-hybridized carbons (Fsp3) is 0.600. The van der Waals surface area contributed by atoms with Gasteiger partial charge in [0.2, 0.25) is 0 Å². The molecule has 116 valence electrons. The van der Waals surface area contributed by atoms with Crippen LogP contribution in [0.4, 0.5) is 0 Å². The number of piperazine rings is 1. The molecule has 0 saturated carbocycles. The minimum absolute atomic E-state index is 0.136. The van der Waals surface area contributed by atoms with Crippen molar-refractivity contribution in [2.24, 2.45) is 0 Å². The van der Waals surface area contributed by atoms with Gasteiger partial charge in [0.15, 0.2) is 0 Å². The molecule has 5 nitrogen and oxygen atoms in total. The number of benzene rings is 1. The predicted octanol–water partition coefficient (Wildman–Crippen LogP) is 1.32. The molecule has 1 aromatic rings. The molecule has 0 radical (unpaired) electrons. The van der Waals surface area contributed by atoms with Gasteiger partial charge in [-0.3, -0.25) is 4.90 Å². The SMILES string of the molecule is CN1CCN(S(=O)(=O)N2CCCC2)C[C@H]1c1ccccc1. The highest BCUT2D eigenvalue weighted by Crippen LogP contribution is 2.27. The van der Waals surface area contributed by atoms with Crippen molar-refractivity contribution in [3.63, 3.8) is 0 Å². The summed E-state index contributed by atoms with van der Waals surface area (Å²) in [6.07, 6.45) is 1.96. The largest absolute Gasteiger partial charge is 0.297 e. The van der Waals surface area contributed by atoms with E-state index >= 15 is 0 Å². The van der Waals surface area contributed by atoms with Gasteiger partial charge in [-0.05, 0) is 25.5 Å². The zero-order chi connectivity index (χ0) is 14.9. The first kappa shape index (κ1) is 15.0. The monoisotopic (exact) mass is 309 g/mol. The van der Waals surface area contributed by atoms with Crippen molar-refractivity contribution in [3.8, 4) is 0 Å². The average Bonchev–Trinajstić information content (AvgIpc) is 3.03. The molecule has 0 aromatic heterocycles. The average molecular weight is 309 g/mol. The molecular formula is C15H23N3O2S. The third-order valence-corrected chi connectivity index (χ3v) is 6.51. The molecule has 3 rings (SSSR count). The molecule has 1 aromatic carbocycles. The third kappa shape index (κ3) is 2.99. The van der Waals surface area contributed by atoms with Gasteiger partial charge in [-0.25, -0.2) is 0 Å². The summed E-state index contributed by atoms with van der Waals surface area (Å²) in [6, 6.07) is 10.3. The van der Waals surface area contributed by atoms with Crippen LogP contribution in [0, 0.1) is 0 Å². The zero-order valence-electron chi connectivity index (χ0n) is 12.5. The number of hydrogen-bond acceptors (Lipinski definition) is 3. The molecule has 0 bridgehead atoms. The van der Waals surface area contributed by atoms with Gasteiger partial charge in [0.1, 0.15) is 0 Å². The molecule has 2 aliphatic heterocycles. The van der Waals surface area contributed by atoms with E-state index in [9.17, 15) is 8.42 Å². The highest BCUT2D eigenvalue weighted by molar-refractivity contribution is 7.86. The summed E-state index contributed by atoms with van der Waals surface area (Å²) >= 11 is 0. The van der Waals surface area contributed by atoms with Crippen LogP contribution >= 0.6 is 0 Å². The van der Waals surface area contributed by atoms with E-state index in [4.69, 9.17) is 0 Å². The molecule has 0 amide bonds. The molecule has 0 unspecified atom stereocenters. The Morgan fingerprint density at radius 1 is 0.952 bits per heavy atom. The maximum Gasteiger partial charge on any atom is 0.282 e. The minimum atomic E-state index is -3.29. The van der Waals surface area contributed by atoms with Gasteiger partial charge in [-0.1, -0.05) is 30.3 Å². The molecule has 2 saturated heterocycles. The Balaban J connectivity index is 1.79. The number of rotatable bonds is 3. The van der Waals surface area contributed by atoms with Crippen LogP contribution in [-0.2, 0) is 10.2 Å². The lowest BCUT2D eigenvalue weighted by atomic mass is 10.0. The summed E-state index contributed by atoms with van der Waals surface area (Å²) in [5.41, 5.74) is 1.18. The number of hydrogen-bond donors (Lipinski definition) is 0. The summed E-state index contributed by atoms with van der Waals surface area (Å²) < 4.78 is 28.7. The van der Waals surface area contributed by atoms with Crippen molar-refractivity contribution in [1.29, 1.82) is 0 Å². The summed E-state index contributed by atoms with van der Waals surface area (Å²) in [6.45, 7) is 3.24. The topological polar surface area (TPSA) is 43.9 Å². The summed E-state index contributed by atoms with van der Waals surface area (Å²) in [5.74, 6) is 0. The van der Waals surface area contributed by atoms with Crippen LogP contribution in [0.5, 0.6) is 0 Å². The highest BCUT2D eigenvalue weighted by Gasteiger charge is 2.36. The van der Waals surface area contributed by atoms with E-state index in [-0.39, 0.29) is 6.04 Å². The lowest BCUT2D eigenvalue weighted by Crippen LogP contribution is -2.52. The quantitative estimate of drug-likeness (QED) is 0.846. The van der Waals surface area contributed by atoms with E-state index < -0.39 is 10.2 Å². The van der Waals surface area contributed by atoms with Crippen LogP contribution < -0.4 is 0 Å². The van der Waals surface area contributed by atoms with Crippen LogP contribution in [0.15, 0.2) is 30.3 Å². The standard InChI is InChI=1S/C15H23N3O2S/c1-16-11-12-18(21(19,20)17-9-5-6-10-17)13-15(16)14-7-3-2-4-8-14/h2-4,7-8,15H,5-6,9-13H2,1H3/t15-/m0/s1. The molecule has 0 spiro atoms. The molecule has 6 heteroatoms. The number of nitrogens with zero attached hydrogens (tertiary/aromatic N) is 3. The first-order valence-corrected chi connectivity index (χ1v) is 8.99. The number of likely N-dealkylation sites (N-methyl/N-ethyl adjacent to an activating group) is 1. The lowest BCUT2D eigenvalue weighted by Gasteiger charge is -2.40. The van der Waals surface area contributed by atoms with Gasteiger partial charge in [0.05, 0.1) is 0 Å². The minimum Gasteiger partial charge on any atom is -0.297 e. The smallest absolute Gasteiger partial charge is 0.282 e. The van der Waals surface area contributed by atoms with Gasteiger partial charge in [-0.2, -0.15) is 17.0 Å². The molecular weight excluding hydrogens is 286 g/mol. The second-order valence-electron chi connectivity index (χ2n) is 5.88. The van der Waals surface area contributed by atoms with Gasteiger partial charge in [0, 0.05) is 38.8 Å². The third-order valence-electron chi connectivity index (χ3n) is 4.51. The van der Waals surface area contributed by atoms with Crippen molar-refractivity contribution in [2.45, 2.75) is 18.9 Å². The Kier molecular flexibility index (Phi) is 4.31. The molecule has 2 aliphatic rings. The molecule has 2 heterocycles. The molecule has 1 atom stereocenters. The first-order valence-electron chi connectivity index (χ1n) is 7.59. The maximum atomic E-state index is 12.7. The molecule has 21 heavy (non-hydrogen) atoms. The molecule has 2 fully saturated rings. The van der Waals surface area contributed by atoms with E-state index in [0.717, 1.165) is 19.4 Å². The van der Waals surface area contributed by atoms with E-state index in [1.807, 2.05) is 18.2 Å². The molecule has 0 aliphatic carbocycles. The van der Waals surface area contributed by atoms with E-state index in [1.165, 1.54) is 5.56 Å². The van der Waals surface area contributed by atoms with Crippen LogP contribution in [0.1, 0.15) is 24.4 Å². The van der Waals surface area contributed by atoms with Crippen molar-refractivity contribution < 1.29 is 8.42 Å². The fourth-order valence-electron chi connectivity index (χ4n) is 3.18. The molecule has 0 N–H and O–H groups in total. The Bertz CT molecular complexity index is 570. The van der Waals surface area contributed by atoms with Crippen molar-refractivity contribution >= 4 is 10.2 Å². The van der Waals surface area contributed by atoms with E-state index in [2.05, 4.69) is 24.1 Å². The Morgan fingerprint density at radius 3 is 2.29 bits per heavy atom. The fourth-order valence-corrected chi connectivity index (χ4v) is 4.86. The predicted molar refractivity (Wildman–Crippen MR) is 83.1 cm³/mol. The summed E-state index contributed by atoms with van der Waals surface area (Å²) in [7, 11) is -1.22. The van der Waals surface area contributed by atoms with Crippen molar-refractivity contribution in [1.82, 2.24) is 13.5 Å². The van der Waals surface area contributed by atoms with E-state index in [1.54, 1.807) is 8.61 Å². The summed E-state index contributed by atoms with van der Waals surface area (Å²) in [5, 5.41) is 0. The van der Waals surface area contributed by atoms with Crippen molar-refractivity contribution in [3.05, 3.63) is 35.9 Å². The van der Waals surface area contributed by atoms with Crippen LogP contribution in [0.3, 0.4) is 0 Å².